The summed E-state index contributed by atoms with van der Waals surface area (Å²) in [5, 5.41) is 3.07. The normalized spacial score (nSPS) is 15.9. The molecule has 1 heterocycles. The van der Waals surface area contributed by atoms with Crippen LogP contribution in [0.2, 0.25) is 0 Å². The lowest BCUT2D eigenvalue weighted by Gasteiger charge is -2.35. The zero-order valence-corrected chi connectivity index (χ0v) is 16.2. The van der Waals surface area contributed by atoms with Gasteiger partial charge >= 0.3 is 6.03 Å². The van der Waals surface area contributed by atoms with E-state index in [1.54, 1.807) is 0 Å². The van der Waals surface area contributed by atoms with Crippen LogP contribution in [0.5, 0.6) is 0 Å². The van der Waals surface area contributed by atoms with Gasteiger partial charge in [0.05, 0.1) is 13.2 Å². The Bertz CT molecular complexity index is 729. The van der Waals surface area contributed by atoms with Gasteiger partial charge in [0.25, 0.3) is 0 Å². The molecule has 5 heteroatoms. The minimum atomic E-state index is -0.0646. The fourth-order valence-corrected chi connectivity index (χ4v) is 3.38. The van der Waals surface area contributed by atoms with E-state index in [0.29, 0.717) is 6.54 Å². The lowest BCUT2D eigenvalue weighted by Crippen LogP contribution is -2.49. The minimum absolute atomic E-state index is 0.0646. The molecule has 2 amide bonds. The Morgan fingerprint density at radius 3 is 2.59 bits per heavy atom. The molecule has 0 aliphatic carbocycles. The number of aryl methyl sites for hydroxylation is 1. The van der Waals surface area contributed by atoms with Crippen LogP contribution < -0.4 is 5.32 Å². The van der Waals surface area contributed by atoms with Crippen LogP contribution in [0.25, 0.3) is 0 Å². The molecule has 1 saturated heterocycles. The molecule has 1 N–H and O–H groups in total. The Hall–Kier alpha value is -2.37. The second-order valence-electron chi connectivity index (χ2n) is 7.18. The number of nitrogens with one attached hydrogen (secondary N) is 1. The molecule has 1 fully saturated rings. The zero-order chi connectivity index (χ0) is 19.1. The van der Waals surface area contributed by atoms with E-state index in [2.05, 4.69) is 29.3 Å². The van der Waals surface area contributed by atoms with Crippen LogP contribution in [0.3, 0.4) is 0 Å². The van der Waals surface area contributed by atoms with Crippen molar-refractivity contribution in [2.75, 3.05) is 38.2 Å². The molecule has 0 saturated carbocycles. The molecule has 27 heavy (non-hydrogen) atoms. The van der Waals surface area contributed by atoms with E-state index in [0.717, 1.165) is 49.7 Å². The summed E-state index contributed by atoms with van der Waals surface area (Å²) in [5.74, 6) is 0. The molecule has 0 unspecified atom stereocenters. The first-order valence-electron chi connectivity index (χ1n) is 9.60. The summed E-state index contributed by atoms with van der Waals surface area (Å²) >= 11 is 0. The Kier molecular flexibility index (Phi) is 6.85. The van der Waals surface area contributed by atoms with E-state index >= 15 is 0 Å². The Labute approximate surface area is 161 Å². The Morgan fingerprint density at radius 1 is 1.15 bits per heavy atom. The van der Waals surface area contributed by atoms with Gasteiger partial charge in [-0.25, -0.2) is 4.79 Å². The van der Waals surface area contributed by atoms with E-state index in [1.165, 1.54) is 0 Å². The van der Waals surface area contributed by atoms with Gasteiger partial charge in [0.15, 0.2) is 0 Å². The van der Waals surface area contributed by atoms with Crippen molar-refractivity contribution in [3.05, 3.63) is 65.7 Å². The van der Waals surface area contributed by atoms with Gasteiger partial charge in [-0.05, 0) is 37.1 Å². The summed E-state index contributed by atoms with van der Waals surface area (Å²) in [5.41, 5.74) is 3.09. The number of anilines is 1. The molecule has 1 atom stereocenters. The maximum absolute atomic E-state index is 13.1. The number of benzene rings is 2. The highest BCUT2D eigenvalue weighted by atomic mass is 16.5. The van der Waals surface area contributed by atoms with Crippen molar-refractivity contribution < 1.29 is 9.53 Å². The largest absolute Gasteiger partial charge is 0.379 e. The molecule has 1 aliphatic rings. The molecular formula is C22H29N3O2. The quantitative estimate of drug-likeness (QED) is 0.846. The second-order valence-corrected chi connectivity index (χ2v) is 7.18. The van der Waals surface area contributed by atoms with Crippen LogP contribution in [0, 0.1) is 6.92 Å². The summed E-state index contributed by atoms with van der Waals surface area (Å²) in [7, 11) is 0. The van der Waals surface area contributed by atoms with Gasteiger partial charge in [-0.1, -0.05) is 42.5 Å². The van der Waals surface area contributed by atoms with E-state index < -0.39 is 0 Å². The molecule has 144 valence electrons. The lowest BCUT2D eigenvalue weighted by molar-refractivity contribution is 0.0277. The first-order valence-corrected chi connectivity index (χ1v) is 9.60. The molecule has 2 aromatic rings. The van der Waals surface area contributed by atoms with Crippen molar-refractivity contribution in [3.8, 4) is 0 Å². The van der Waals surface area contributed by atoms with E-state index in [9.17, 15) is 4.79 Å². The van der Waals surface area contributed by atoms with Gasteiger partial charge in [-0.15, -0.1) is 0 Å². The van der Waals surface area contributed by atoms with Crippen molar-refractivity contribution in [2.45, 2.75) is 26.4 Å². The third-order valence-corrected chi connectivity index (χ3v) is 4.88. The molecule has 0 radical (unpaired) electrons. The first-order chi connectivity index (χ1) is 13.1. The van der Waals surface area contributed by atoms with E-state index in [1.807, 2.05) is 54.3 Å². The van der Waals surface area contributed by atoms with Gasteiger partial charge < -0.3 is 15.0 Å². The molecule has 0 spiro atoms. The van der Waals surface area contributed by atoms with Gasteiger partial charge in [0.1, 0.15) is 0 Å². The van der Waals surface area contributed by atoms with Crippen molar-refractivity contribution in [2.24, 2.45) is 0 Å². The van der Waals surface area contributed by atoms with Crippen LogP contribution in [-0.2, 0) is 11.3 Å². The number of morpholine rings is 1. The Morgan fingerprint density at radius 2 is 1.89 bits per heavy atom. The van der Waals surface area contributed by atoms with Crippen molar-refractivity contribution in [1.29, 1.82) is 0 Å². The molecular weight excluding hydrogens is 338 g/mol. The van der Waals surface area contributed by atoms with Gasteiger partial charge in [-0.2, -0.15) is 0 Å². The predicted molar refractivity (Wildman–Crippen MR) is 109 cm³/mol. The van der Waals surface area contributed by atoms with Crippen molar-refractivity contribution in [1.82, 2.24) is 9.80 Å². The number of rotatable bonds is 6. The molecule has 1 aliphatic heterocycles. The predicted octanol–water partition coefficient (Wildman–Crippen LogP) is 3.75. The number of hydrogen-bond donors (Lipinski definition) is 1. The van der Waals surface area contributed by atoms with Crippen LogP contribution >= 0.6 is 0 Å². The minimum Gasteiger partial charge on any atom is -0.379 e. The van der Waals surface area contributed by atoms with Gasteiger partial charge in [-0.3, -0.25) is 4.90 Å². The summed E-state index contributed by atoms with van der Waals surface area (Å²) in [6.45, 7) is 8.95. The monoisotopic (exact) mass is 367 g/mol. The van der Waals surface area contributed by atoms with Crippen LogP contribution in [-0.4, -0.2) is 54.7 Å². The average molecular weight is 367 g/mol. The zero-order valence-electron chi connectivity index (χ0n) is 16.2. The summed E-state index contributed by atoms with van der Waals surface area (Å²) in [6.07, 6.45) is 0. The topological polar surface area (TPSA) is 44.8 Å². The van der Waals surface area contributed by atoms with Crippen molar-refractivity contribution in [3.63, 3.8) is 0 Å². The van der Waals surface area contributed by atoms with Crippen LogP contribution in [0.4, 0.5) is 10.5 Å². The number of urea groups is 1. The number of ether oxygens (including phenoxy) is 1. The fraction of sp³-hybridized carbons (Fsp3) is 0.409. The third kappa shape index (κ3) is 5.81. The lowest BCUT2D eigenvalue weighted by atomic mass is 10.1. The molecule has 5 nitrogen and oxygen atoms in total. The maximum atomic E-state index is 13.1. The number of carbonyl (C=O) groups excluding carboxylic acids is 1. The highest BCUT2D eigenvalue weighted by molar-refractivity contribution is 5.89. The molecule has 0 aromatic heterocycles. The number of amides is 2. The molecule has 2 aromatic carbocycles. The number of hydrogen-bond acceptors (Lipinski definition) is 3. The summed E-state index contributed by atoms with van der Waals surface area (Å²) in [6, 6.07) is 18.1. The summed E-state index contributed by atoms with van der Waals surface area (Å²) in [4.78, 5) is 17.4. The van der Waals surface area contributed by atoms with Crippen LogP contribution in [0.1, 0.15) is 18.1 Å². The van der Waals surface area contributed by atoms with E-state index in [-0.39, 0.29) is 12.1 Å². The molecule has 0 bridgehead atoms. The summed E-state index contributed by atoms with van der Waals surface area (Å²) < 4.78 is 5.44. The standard InChI is InChI=1S/C22H29N3O2/c1-18-7-6-10-21(15-18)23-22(26)25(17-20-8-4-3-5-9-20)19(2)16-24-11-13-27-14-12-24/h3-10,15,19H,11-14,16-17H2,1-2H3,(H,23,26)/t19-/m1/s1. The van der Waals surface area contributed by atoms with Crippen LogP contribution in [0.15, 0.2) is 54.6 Å². The number of nitrogens with zero attached hydrogens (tertiary/aromatic N) is 2. The highest BCUT2D eigenvalue weighted by Crippen LogP contribution is 2.15. The maximum Gasteiger partial charge on any atom is 0.322 e. The second kappa shape index (κ2) is 9.53. The average Bonchev–Trinajstić information content (AvgIpc) is 2.67. The fourth-order valence-electron chi connectivity index (χ4n) is 3.38. The smallest absolute Gasteiger partial charge is 0.322 e. The highest BCUT2D eigenvalue weighted by Gasteiger charge is 2.23. The Balaban J connectivity index is 1.72. The third-order valence-electron chi connectivity index (χ3n) is 4.88. The SMILES string of the molecule is Cc1cccc(NC(=O)N(Cc2ccccc2)[C@H](C)CN2CCOCC2)c1. The van der Waals surface area contributed by atoms with Gasteiger partial charge in [0.2, 0.25) is 0 Å². The molecule has 3 rings (SSSR count). The first kappa shape index (κ1) is 19.4. The van der Waals surface area contributed by atoms with Gasteiger partial charge in [0, 0.05) is 37.9 Å². The van der Waals surface area contributed by atoms with Crippen molar-refractivity contribution >= 4 is 11.7 Å². The van der Waals surface area contributed by atoms with E-state index in [4.69, 9.17) is 4.74 Å². The number of carbonyl (C=O) groups is 1.